The number of hydrogen-bond donors (Lipinski definition) is 1. The Morgan fingerprint density at radius 1 is 0.889 bits per heavy atom. The molecule has 3 aromatic carbocycles. The summed E-state index contributed by atoms with van der Waals surface area (Å²) in [5.41, 5.74) is 3.41. The van der Waals surface area contributed by atoms with Gasteiger partial charge in [-0.25, -0.2) is 0 Å². The molecular weight excluding hydrogens is 220 g/mol. The number of aliphatic hydroxyl groups excluding tert-OH is 1. The predicted octanol–water partition coefficient (Wildman–Crippen LogP) is 4.10. The molecule has 1 nitrogen and oxygen atoms in total. The summed E-state index contributed by atoms with van der Waals surface area (Å²) in [6, 6.07) is 15.0. The lowest BCUT2D eigenvalue weighted by Crippen LogP contribution is -1.94. The average Bonchev–Trinajstić information content (AvgIpc) is 2.37. The third kappa shape index (κ3) is 1.59. The van der Waals surface area contributed by atoms with E-state index in [1.165, 1.54) is 27.1 Å². The zero-order valence-electron chi connectivity index (χ0n) is 10.7. The summed E-state index contributed by atoms with van der Waals surface area (Å²) in [7, 11) is 0. The molecule has 0 saturated heterocycles. The molecule has 0 radical (unpaired) electrons. The first-order chi connectivity index (χ1) is 8.70. The zero-order chi connectivity index (χ0) is 12.7. The van der Waals surface area contributed by atoms with E-state index in [0.29, 0.717) is 0 Å². The van der Waals surface area contributed by atoms with E-state index in [2.05, 4.69) is 56.3 Å². The van der Waals surface area contributed by atoms with Crippen molar-refractivity contribution in [1.29, 1.82) is 0 Å². The number of aliphatic hydroxyl groups is 1. The van der Waals surface area contributed by atoms with Gasteiger partial charge in [0.15, 0.2) is 0 Å². The molecule has 0 aliphatic rings. The van der Waals surface area contributed by atoms with Crippen LogP contribution in [0.1, 0.15) is 16.7 Å². The fourth-order valence-electron chi connectivity index (χ4n) is 2.72. The second-order valence-electron chi connectivity index (χ2n) is 4.88. The molecule has 0 amide bonds. The van der Waals surface area contributed by atoms with Crippen molar-refractivity contribution < 1.29 is 5.11 Å². The highest BCUT2D eigenvalue weighted by Gasteiger charge is 2.07. The molecule has 0 aromatic heterocycles. The van der Waals surface area contributed by atoms with Crippen LogP contribution in [0.3, 0.4) is 0 Å². The van der Waals surface area contributed by atoms with Crippen LogP contribution in [0.15, 0.2) is 42.5 Å². The SMILES string of the molecule is Cc1cc2cc3ccccc3cc2c(C)c1CO. The van der Waals surface area contributed by atoms with Gasteiger partial charge in [0.1, 0.15) is 0 Å². The number of rotatable bonds is 1. The first-order valence-electron chi connectivity index (χ1n) is 6.23. The minimum Gasteiger partial charge on any atom is -0.392 e. The van der Waals surface area contributed by atoms with E-state index in [1.807, 2.05) is 0 Å². The molecule has 0 spiro atoms. The Balaban J connectivity index is 2.47. The van der Waals surface area contributed by atoms with Crippen LogP contribution in [0.2, 0.25) is 0 Å². The summed E-state index contributed by atoms with van der Waals surface area (Å²) in [6.07, 6.45) is 0. The molecule has 18 heavy (non-hydrogen) atoms. The van der Waals surface area contributed by atoms with Gasteiger partial charge in [0.05, 0.1) is 6.61 Å². The molecule has 3 aromatic rings. The molecule has 90 valence electrons. The normalized spacial score (nSPS) is 11.3. The van der Waals surface area contributed by atoms with Crippen molar-refractivity contribution in [2.24, 2.45) is 0 Å². The standard InChI is InChI=1S/C17H16O/c1-11-7-15-8-13-5-3-4-6-14(13)9-16(15)12(2)17(11)10-18/h3-9,18H,10H2,1-2H3. The lowest BCUT2D eigenvalue weighted by Gasteiger charge is -2.12. The van der Waals surface area contributed by atoms with Crippen molar-refractivity contribution in [2.45, 2.75) is 20.5 Å². The maximum Gasteiger partial charge on any atom is 0.0687 e. The first kappa shape index (κ1) is 11.2. The fourth-order valence-corrected chi connectivity index (χ4v) is 2.72. The van der Waals surface area contributed by atoms with Crippen LogP contribution in [-0.2, 0) is 6.61 Å². The second kappa shape index (κ2) is 4.11. The lowest BCUT2D eigenvalue weighted by molar-refractivity contribution is 0.280. The minimum absolute atomic E-state index is 0.112. The highest BCUT2D eigenvalue weighted by molar-refractivity contribution is 6.00. The third-order valence-electron chi connectivity index (χ3n) is 3.78. The second-order valence-corrected chi connectivity index (χ2v) is 4.88. The maximum atomic E-state index is 9.47. The molecule has 1 heteroatoms. The van der Waals surface area contributed by atoms with E-state index in [9.17, 15) is 5.11 Å². The van der Waals surface area contributed by atoms with Crippen LogP contribution in [0.4, 0.5) is 0 Å². The number of hydrogen-bond acceptors (Lipinski definition) is 1. The number of benzene rings is 3. The van der Waals surface area contributed by atoms with Gasteiger partial charge < -0.3 is 5.11 Å². The summed E-state index contributed by atoms with van der Waals surface area (Å²) in [5.74, 6) is 0. The molecule has 3 rings (SSSR count). The van der Waals surface area contributed by atoms with Gasteiger partial charge in [0.25, 0.3) is 0 Å². The average molecular weight is 236 g/mol. The Hall–Kier alpha value is -1.86. The van der Waals surface area contributed by atoms with E-state index in [0.717, 1.165) is 11.1 Å². The van der Waals surface area contributed by atoms with Crippen LogP contribution < -0.4 is 0 Å². The Bertz CT molecular complexity index is 741. The van der Waals surface area contributed by atoms with E-state index < -0.39 is 0 Å². The Morgan fingerprint density at radius 2 is 1.56 bits per heavy atom. The quantitative estimate of drug-likeness (QED) is 0.631. The van der Waals surface area contributed by atoms with E-state index >= 15 is 0 Å². The van der Waals surface area contributed by atoms with Crippen molar-refractivity contribution in [3.05, 3.63) is 59.2 Å². The highest BCUT2D eigenvalue weighted by atomic mass is 16.3. The van der Waals surface area contributed by atoms with Crippen molar-refractivity contribution in [2.75, 3.05) is 0 Å². The van der Waals surface area contributed by atoms with Crippen molar-refractivity contribution in [3.63, 3.8) is 0 Å². The van der Waals surface area contributed by atoms with Crippen molar-refractivity contribution in [3.8, 4) is 0 Å². The summed E-state index contributed by atoms with van der Waals surface area (Å²) < 4.78 is 0. The summed E-state index contributed by atoms with van der Waals surface area (Å²) in [4.78, 5) is 0. The van der Waals surface area contributed by atoms with E-state index in [4.69, 9.17) is 0 Å². The van der Waals surface area contributed by atoms with E-state index in [-0.39, 0.29) is 6.61 Å². The Labute approximate surface area is 107 Å². The van der Waals surface area contributed by atoms with Gasteiger partial charge in [0, 0.05) is 0 Å². The minimum atomic E-state index is 0.112. The van der Waals surface area contributed by atoms with Crippen molar-refractivity contribution in [1.82, 2.24) is 0 Å². The van der Waals surface area contributed by atoms with Crippen LogP contribution in [-0.4, -0.2) is 5.11 Å². The molecule has 0 fully saturated rings. The van der Waals surface area contributed by atoms with Gasteiger partial charge in [-0.2, -0.15) is 0 Å². The molecule has 0 unspecified atom stereocenters. The summed E-state index contributed by atoms with van der Waals surface area (Å²) >= 11 is 0. The summed E-state index contributed by atoms with van der Waals surface area (Å²) in [6.45, 7) is 4.27. The Kier molecular flexibility index (Phi) is 2.57. The van der Waals surface area contributed by atoms with Crippen LogP contribution in [0.5, 0.6) is 0 Å². The van der Waals surface area contributed by atoms with Gasteiger partial charge in [-0.3, -0.25) is 0 Å². The third-order valence-corrected chi connectivity index (χ3v) is 3.78. The molecule has 0 heterocycles. The molecule has 0 aliphatic heterocycles. The highest BCUT2D eigenvalue weighted by Crippen LogP contribution is 2.29. The maximum absolute atomic E-state index is 9.47. The number of aryl methyl sites for hydroxylation is 2. The topological polar surface area (TPSA) is 20.2 Å². The number of fused-ring (bicyclic) bond motifs is 2. The fraction of sp³-hybridized carbons (Fsp3) is 0.176. The molecule has 1 N–H and O–H groups in total. The van der Waals surface area contributed by atoms with E-state index in [1.54, 1.807) is 0 Å². The van der Waals surface area contributed by atoms with Crippen LogP contribution in [0.25, 0.3) is 21.5 Å². The van der Waals surface area contributed by atoms with Crippen LogP contribution in [0, 0.1) is 13.8 Å². The van der Waals surface area contributed by atoms with Gasteiger partial charge in [0.2, 0.25) is 0 Å². The monoisotopic (exact) mass is 236 g/mol. The molecule has 0 saturated carbocycles. The molecule has 0 bridgehead atoms. The van der Waals surface area contributed by atoms with Gasteiger partial charge in [-0.05, 0) is 64.2 Å². The first-order valence-corrected chi connectivity index (χ1v) is 6.23. The summed E-state index contributed by atoms with van der Waals surface area (Å²) in [5, 5.41) is 14.5. The largest absolute Gasteiger partial charge is 0.392 e. The van der Waals surface area contributed by atoms with Crippen molar-refractivity contribution >= 4 is 21.5 Å². The van der Waals surface area contributed by atoms with Gasteiger partial charge in [-0.1, -0.05) is 30.3 Å². The van der Waals surface area contributed by atoms with Gasteiger partial charge in [-0.15, -0.1) is 0 Å². The smallest absolute Gasteiger partial charge is 0.0687 e. The Morgan fingerprint density at radius 3 is 2.22 bits per heavy atom. The molecule has 0 aliphatic carbocycles. The van der Waals surface area contributed by atoms with Crippen LogP contribution >= 0.6 is 0 Å². The van der Waals surface area contributed by atoms with Gasteiger partial charge >= 0.3 is 0 Å². The zero-order valence-corrected chi connectivity index (χ0v) is 10.7. The lowest BCUT2D eigenvalue weighted by atomic mass is 9.94. The predicted molar refractivity (Wildman–Crippen MR) is 76.9 cm³/mol. The molecular formula is C17H16O. The molecule has 0 atom stereocenters.